The Hall–Kier alpha value is -1.75. The van der Waals surface area contributed by atoms with Gasteiger partial charge in [-0.25, -0.2) is 0 Å². The minimum atomic E-state index is -0.423. The lowest BCUT2D eigenvalue weighted by molar-refractivity contribution is -0.115. The topological polar surface area (TPSA) is 66.4 Å². The van der Waals surface area contributed by atoms with Crippen molar-refractivity contribution in [3.63, 3.8) is 0 Å². The summed E-state index contributed by atoms with van der Waals surface area (Å²) in [6.07, 6.45) is 1.49. The molecule has 0 bridgehead atoms. The molecule has 2 amide bonds. The van der Waals surface area contributed by atoms with E-state index in [0.29, 0.717) is 10.5 Å². The molecular weight excluding hydrogens is 214 g/mol. The fraction of sp³-hybridized carbons (Fsp3) is 0. The van der Waals surface area contributed by atoms with Crippen molar-refractivity contribution in [3.05, 3.63) is 34.7 Å². The van der Waals surface area contributed by atoms with E-state index in [4.69, 9.17) is 0 Å². The minimum absolute atomic E-state index is 0.0812. The molecule has 1 aliphatic rings. The number of phenolic OH excluding ortho intramolecular Hbond substituents is 1. The second-order valence-electron chi connectivity index (χ2n) is 2.91. The minimum Gasteiger partial charge on any atom is -0.507 e. The van der Waals surface area contributed by atoms with Gasteiger partial charge in [-0.2, -0.15) is 0 Å². The first-order valence-electron chi connectivity index (χ1n) is 4.19. The van der Waals surface area contributed by atoms with Crippen LogP contribution in [0.3, 0.4) is 0 Å². The molecule has 76 valence electrons. The summed E-state index contributed by atoms with van der Waals surface area (Å²) in [4.78, 5) is 22.4. The first-order chi connectivity index (χ1) is 7.16. The van der Waals surface area contributed by atoms with Crippen LogP contribution in [-0.4, -0.2) is 16.3 Å². The largest absolute Gasteiger partial charge is 0.507 e. The van der Waals surface area contributed by atoms with Gasteiger partial charge < -0.3 is 5.11 Å². The van der Waals surface area contributed by atoms with Crippen molar-refractivity contribution in [2.45, 2.75) is 0 Å². The molecule has 0 unspecified atom stereocenters. The highest BCUT2D eigenvalue weighted by Crippen LogP contribution is 2.28. The van der Waals surface area contributed by atoms with E-state index < -0.39 is 5.91 Å². The molecule has 0 radical (unpaired) electrons. The number of carbonyl (C=O) groups excluding carboxylic acids is 2. The zero-order valence-electron chi connectivity index (χ0n) is 7.56. The molecule has 1 aliphatic heterocycles. The fourth-order valence-corrected chi connectivity index (χ4v) is 1.84. The van der Waals surface area contributed by atoms with E-state index in [9.17, 15) is 14.7 Å². The molecule has 2 rings (SSSR count). The normalized spacial score (nSPS) is 18.3. The number of imide groups is 1. The van der Waals surface area contributed by atoms with Crippen molar-refractivity contribution in [3.8, 4) is 5.75 Å². The summed E-state index contributed by atoms with van der Waals surface area (Å²) in [7, 11) is 0. The van der Waals surface area contributed by atoms with Gasteiger partial charge in [0.05, 0.1) is 4.91 Å². The van der Waals surface area contributed by atoms with Crippen LogP contribution in [0, 0.1) is 0 Å². The zero-order valence-corrected chi connectivity index (χ0v) is 8.38. The van der Waals surface area contributed by atoms with Gasteiger partial charge in [-0.05, 0) is 23.9 Å². The van der Waals surface area contributed by atoms with Crippen LogP contribution in [0.5, 0.6) is 5.75 Å². The number of hydrogen-bond acceptors (Lipinski definition) is 4. The zero-order chi connectivity index (χ0) is 10.8. The van der Waals surface area contributed by atoms with Crippen molar-refractivity contribution in [2.75, 3.05) is 0 Å². The Bertz CT molecular complexity index is 467. The van der Waals surface area contributed by atoms with E-state index in [1.807, 2.05) is 0 Å². The fourth-order valence-electron chi connectivity index (χ4n) is 1.17. The van der Waals surface area contributed by atoms with E-state index >= 15 is 0 Å². The van der Waals surface area contributed by atoms with Gasteiger partial charge >= 0.3 is 0 Å². The lowest BCUT2D eigenvalue weighted by Crippen LogP contribution is -2.17. The Kier molecular flexibility index (Phi) is 2.47. The highest BCUT2D eigenvalue weighted by atomic mass is 32.2. The molecule has 0 aromatic heterocycles. The van der Waals surface area contributed by atoms with Gasteiger partial charge in [0.15, 0.2) is 0 Å². The van der Waals surface area contributed by atoms with Crippen molar-refractivity contribution in [2.24, 2.45) is 0 Å². The number of nitrogens with one attached hydrogen (secondary N) is 1. The number of phenols is 1. The molecule has 1 saturated heterocycles. The summed E-state index contributed by atoms with van der Waals surface area (Å²) < 4.78 is 0. The number of amides is 2. The molecule has 0 spiro atoms. The van der Waals surface area contributed by atoms with Crippen LogP contribution >= 0.6 is 11.8 Å². The number of carbonyl (C=O) groups is 2. The number of rotatable bonds is 1. The van der Waals surface area contributed by atoms with Crippen LogP contribution in [0.15, 0.2) is 29.2 Å². The van der Waals surface area contributed by atoms with E-state index in [1.54, 1.807) is 18.2 Å². The van der Waals surface area contributed by atoms with E-state index in [0.717, 1.165) is 11.8 Å². The molecule has 15 heavy (non-hydrogen) atoms. The second-order valence-corrected chi connectivity index (χ2v) is 3.93. The van der Waals surface area contributed by atoms with Crippen molar-refractivity contribution < 1.29 is 14.7 Å². The summed E-state index contributed by atoms with van der Waals surface area (Å²) in [6.45, 7) is 0. The van der Waals surface area contributed by atoms with Gasteiger partial charge in [-0.15, -0.1) is 0 Å². The van der Waals surface area contributed by atoms with Gasteiger partial charge in [0.25, 0.3) is 11.1 Å². The number of aromatic hydroxyl groups is 1. The molecule has 1 aromatic rings. The molecule has 5 heteroatoms. The monoisotopic (exact) mass is 221 g/mol. The summed E-state index contributed by atoms with van der Waals surface area (Å²) in [5.41, 5.74) is 0.518. The third-order valence-corrected chi connectivity index (χ3v) is 2.68. The van der Waals surface area contributed by atoms with Crippen LogP contribution in [-0.2, 0) is 4.79 Å². The lowest BCUT2D eigenvalue weighted by atomic mass is 10.2. The van der Waals surface area contributed by atoms with Crippen LogP contribution in [0.1, 0.15) is 5.56 Å². The molecule has 1 heterocycles. The van der Waals surface area contributed by atoms with Gasteiger partial charge in [0, 0.05) is 5.56 Å². The third-order valence-electron chi connectivity index (χ3n) is 1.87. The SMILES string of the molecule is O=C1NC(=O)/C(=C\c2ccccc2O)S1. The quantitative estimate of drug-likeness (QED) is 0.708. The number of thioether (sulfide) groups is 1. The lowest BCUT2D eigenvalue weighted by Gasteiger charge is -1.97. The van der Waals surface area contributed by atoms with Crippen LogP contribution in [0.2, 0.25) is 0 Å². The van der Waals surface area contributed by atoms with Gasteiger partial charge in [0.2, 0.25) is 0 Å². The Morgan fingerprint density at radius 3 is 2.60 bits per heavy atom. The Labute approximate surface area is 90.0 Å². The van der Waals surface area contributed by atoms with Crippen LogP contribution < -0.4 is 5.32 Å². The van der Waals surface area contributed by atoms with Crippen molar-refractivity contribution in [1.82, 2.24) is 5.32 Å². The summed E-state index contributed by atoms with van der Waals surface area (Å²) in [5, 5.41) is 11.2. The number of benzene rings is 1. The highest BCUT2D eigenvalue weighted by Gasteiger charge is 2.25. The Morgan fingerprint density at radius 1 is 1.27 bits per heavy atom. The summed E-state index contributed by atoms with van der Waals surface area (Å²) >= 11 is 0.828. The maximum atomic E-state index is 11.2. The first-order valence-corrected chi connectivity index (χ1v) is 5.01. The second kappa shape index (κ2) is 3.78. The van der Waals surface area contributed by atoms with Gasteiger partial charge in [-0.1, -0.05) is 18.2 Å². The molecule has 1 fully saturated rings. The maximum Gasteiger partial charge on any atom is 0.290 e. The van der Waals surface area contributed by atoms with Gasteiger partial charge in [-0.3, -0.25) is 14.9 Å². The molecule has 4 nitrogen and oxygen atoms in total. The first kappa shape index (κ1) is 9.79. The summed E-state index contributed by atoms with van der Waals surface area (Å²) in [6, 6.07) is 6.61. The average molecular weight is 221 g/mol. The predicted octanol–water partition coefficient (Wildman–Crippen LogP) is 1.72. The Morgan fingerprint density at radius 2 is 2.00 bits per heavy atom. The highest BCUT2D eigenvalue weighted by molar-refractivity contribution is 8.18. The third kappa shape index (κ3) is 2.02. The molecule has 0 saturated carbocycles. The molecule has 1 aromatic carbocycles. The van der Waals surface area contributed by atoms with Crippen molar-refractivity contribution in [1.29, 1.82) is 0 Å². The predicted molar refractivity (Wildman–Crippen MR) is 57.2 cm³/mol. The van der Waals surface area contributed by atoms with Gasteiger partial charge in [0.1, 0.15) is 5.75 Å². The Balaban J connectivity index is 2.35. The maximum absolute atomic E-state index is 11.2. The van der Waals surface area contributed by atoms with E-state index in [-0.39, 0.29) is 11.0 Å². The summed E-state index contributed by atoms with van der Waals surface area (Å²) in [5.74, 6) is -0.342. The number of hydrogen-bond donors (Lipinski definition) is 2. The van der Waals surface area contributed by atoms with E-state index in [1.165, 1.54) is 12.1 Å². The average Bonchev–Trinajstić information content (AvgIpc) is 2.49. The van der Waals surface area contributed by atoms with Crippen LogP contribution in [0.25, 0.3) is 6.08 Å². The van der Waals surface area contributed by atoms with Crippen LogP contribution in [0.4, 0.5) is 4.79 Å². The standard InChI is InChI=1S/C10H7NO3S/c12-7-4-2-1-3-6(7)5-8-9(13)11-10(14)15-8/h1-5,12H,(H,11,13,14)/b8-5+. The van der Waals surface area contributed by atoms with Crippen molar-refractivity contribution >= 4 is 29.0 Å². The smallest absolute Gasteiger partial charge is 0.290 e. The molecule has 0 atom stereocenters. The molecular formula is C10H7NO3S. The molecule has 2 N–H and O–H groups in total. The molecule has 0 aliphatic carbocycles. The van der Waals surface area contributed by atoms with E-state index in [2.05, 4.69) is 5.32 Å². The number of para-hydroxylation sites is 1.